The lowest BCUT2D eigenvalue weighted by atomic mass is 10.2. The van der Waals surface area contributed by atoms with Crippen molar-refractivity contribution in [1.82, 2.24) is 0 Å². The molecule has 0 aromatic heterocycles. The van der Waals surface area contributed by atoms with Gasteiger partial charge in [0.25, 0.3) is 0 Å². The summed E-state index contributed by atoms with van der Waals surface area (Å²) in [5.74, 6) is 0. The molecule has 0 saturated heterocycles. The Morgan fingerprint density at radius 1 is 0.571 bits per heavy atom. The molecule has 0 atom stereocenters. The first kappa shape index (κ1) is 20.0. The fourth-order valence-corrected chi connectivity index (χ4v) is 5.26. The van der Waals surface area contributed by atoms with Crippen LogP contribution in [-0.4, -0.2) is 6.29 Å². The van der Waals surface area contributed by atoms with Gasteiger partial charge in [-0.05, 0) is 36.0 Å². The van der Waals surface area contributed by atoms with E-state index in [4.69, 9.17) is 11.6 Å². The van der Waals surface area contributed by atoms with Crippen LogP contribution >= 0.6 is 19.5 Å². The molecule has 0 saturated carbocycles. The maximum atomic E-state index is 10.1. The molecule has 4 rings (SSSR count). The highest BCUT2D eigenvalue weighted by Crippen LogP contribution is 2.32. The Kier molecular flexibility index (Phi) is 7.55. The van der Waals surface area contributed by atoms with Crippen LogP contribution in [0.25, 0.3) is 0 Å². The Balaban J connectivity index is 0.000000211. The van der Waals surface area contributed by atoms with E-state index < -0.39 is 7.92 Å². The van der Waals surface area contributed by atoms with Crippen LogP contribution in [0.1, 0.15) is 10.4 Å². The van der Waals surface area contributed by atoms with Gasteiger partial charge in [-0.25, -0.2) is 0 Å². The van der Waals surface area contributed by atoms with E-state index in [1.165, 1.54) is 15.9 Å². The summed E-state index contributed by atoms with van der Waals surface area (Å²) in [7, 11) is -0.446. The molecule has 0 radical (unpaired) electrons. The van der Waals surface area contributed by atoms with E-state index in [1.54, 1.807) is 24.3 Å². The zero-order valence-corrected chi connectivity index (χ0v) is 16.9. The number of aldehydes is 1. The van der Waals surface area contributed by atoms with Crippen LogP contribution in [0.15, 0.2) is 115 Å². The molecule has 28 heavy (non-hydrogen) atoms. The van der Waals surface area contributed by atoms with Crippen molar-refractivity contribution in [1.29, 1.82) is 0 Å². The molecule has 0 aliphatic rings. The number of halogens is 1. The first-order valence-electron chi connectivity index (χ1n) is 8.94. The van der Waals surface area contributed by atoms with Gasteiger partial charge in [0.2, 0.25) is 0 Å². The molecule has 1 nitrogen and oxygen atoms in total. The van der Waals surface area contributed by atoms with Crippen molar-refractivity contribution in [2.24, 2.45) is 0 Å². The summed E-state index contributed by atoms with van der Waals surface area (Å²) in [5.41, 5.74) is 0.613. The monoisotopic (exact) mass is 402 g/mol. The molecule has 0 bridgehead atoms. The highest BCUT2D eigenvalue weighted by molar-refractivity contribution is 7.79. The van der Waals surface area contributed by atoms with Crippen molar-refractivity contribution in [3.63, 3.8) is 0 Å². The van der Waals surface area contributed by atoms with Gasteiger partial charge in [-0.2, -0.15) is 0 Å². The van der Waals surface area contributed by atoms with Crippen LogP contribution in [0.5, 0.6) is 0 Å². The lowest BCUT2D eigenvalue weighted by Crippen LogP contribution is -2.20. The summed E-state index contributed by atoms with van der Waals surface area (Å²) < 4.78 is 0. The van der Waals surface area contributed by atoms with Gasteiger partial charge in [-0.1, -0.05) is 115 Å². The number of hydrogen-bond acceptors (Lipinski definition) is 1. The van der Waals surface area contributed by atoms with E-state index in [2.05, 4.69) is 91.0 Å². The molecule has 138 valence electrons. The van der Waals surface area contributed by atoms with Gasteiger partial charge in [0.1, 0.15) is 6.29 Å². The van der Waals surface area contributed by atoms with Gasteiger partial charge in [0.15, 0.2) is 0 Å². The summed E-state index contributed by atoms with van der Waals surface area (Å²) in [4.78, 5) is 10.1. The quantitative estimate of drug-likeness (QED) is 0.321. The van der Waals surface area contributed by atoms with Crippen molar-refractivity contribution in [2.45, 2.75) is 0 Å². The van der Waals surface area contributed by atoms with Crippen LogP contribution in [-0.2, 0) is 0 Å². The predicted molar refractivity (Wildman–Crippen MR) is 122 cm³/mol. The van der Waals surface area contributed by atoms with Crippen LogP contribution in [0.3, 0.4) is 0 Å². The van der Waals surface area contributed by atoms with E-state index >= 15 is 0 Å². The maximum absolute atomic E-state index is 10.1. The SMILES string of the molecule is O=Cc1cccc(Cl)c1.c1ccc(P(c2ccccc2)c2ccccc2)cc1. The lowest BCUT2D eigenvalue weighted by molar-refractivity contribution is 0.112. The molecule has 0 heterocycles. The second-order valence-corrected chi connectivity index (χ2v) is 8.67. The van der Waals surface area contributed by atoms with Crippen molar-refractivity contribution < 1.29 is 4.79 Å². The number of carbonyl (C=O) groups is 1. The Labute approximate surface area is 172 Å². The molecule has 0 unspecified atom stereocenters. The summed E-state index contributed by atoms with van der Waals surface area (Å²) >= 11 is 5.56. The molecule has 0 spiro atoms. The van der Waals surface area contributed by atoms with Gasteiger partial charge >= 0.3 is 0 Å². The predicted octanol–water partition coefficient (Wildman–Crippen LogP) is 5.60. The fraction of sp³-hybridized carbons (Fsp3) is 0. The first-order valence-corrected chi connectivity index (χ1v) is 10.7. The molecule has 4 aromatic rings. The molecule has 0 N–H and O–H groups in total. The third-order valence-electron chi connectivity index (χ3n) is 4.03. The smallest absolute Gasteiger partial charge is 0.150 e. The third-order valence-corrected chi connectivity index (χ3v) is 6.71. The minimum atomic E-state index is -0.446. The van der Waals surface area contributed by atoms with Gasteiger partial charge in [-0.15, -0.1) is 0 Å². The minimum Gasteiger partial charge on any atom is -0.298 e. The van der Waals surface area contributed by atoms with E-state index in [0.29, 0.717) is 10.6 Å². The number of benzene rings is 4. The highest BCUT2D eigenvalue weighted by Gasteiger charge is 2.14. The van der Waals surface area contributed by atoms with Crippen molar-refractivity contribution in [3.8, 4) is 0 Å². The van der Waals surface area contributed by atoms with Crippen molar-refractivity contribution in [3.05, 3.63) is 126 Å². The van der Waals surface area contributed by atoms with E-state index in [-0.39, 0.29) is 0 Å². The van der Waals surface area contributed by atoms with E-state index in [1.807, 2.05) is 0 Å². The van der Waals surface area contributed by atoms with Crippen LogP contribution in [0.2, 0.25) is 5.02 Å². The summed E-state index contributed by atoms with van der Waals surface area (Å²) in [6.07, 6.45) is 0.770. The molecular formula is C25H20ClOP. The largest absolute Gasteiger partial charge is 0.298 e. The average Bonchev–Trinajstić information content (AvgIpc) is 2.77. The number of hydrogen-bond donors (Lipinski definition) is 0. The van der Waals surface area contributed by atoms with E-state index in [0.717, 1.165) is 6.29 Å². The molecule has 0 fully saturated rings. The summed E-state index contributed by atoms with van der Waals surface area (Å²) in [5, 5.41) is 4.79. The normalized spacial score (nSPS) is 10.1. The number of rotatable bonds is 4. The Morgan fingerprint density at radius 3 is 1.32 bits per heavy atom. The zero-order chi connectivity index (χ0) is 19.6. The standard InChI is InChI=1S/C18H15P.C7H5ClO/c1-4-10-16(11-5-1)19(17-12-6-2-7-13-17)18-14-8-3-9-15-18;8-7-3-1-2-6(4-7)5-9/h1-15H;1-5H. The minimum absolute atomic E-state index is 0.446. The van der Waals surface area contributed by atoms with Gasteiger partial charge < -0.3 is 0 Å². The van der Waals surface area contributed by atoms with Crippen LogP contribution in [0.4, 0.5) is 0 Å². The lowest BCUT2D eigenvalue weighted by Gasteiger charge is -2.18. The van der Waals surface area contributed by atoms with Gasteiger partial charge in [0, 0.05) is 10.6 Å². The van der Waals surface area contributed by atoms with Crippen LogP contribution in [0, 0.1) is 0 Å². The molecule has 4 aromatic carbocycles. The Bertz CT molecular complexity index is 895. The Hall–Kier alpha value is -2.73. The van der Waals surface area contributed by atoms with Crippen molar-refractivity contribution in [2.75, 3.05) is 0 Å². The number of carbonyl (C=O) groups excluding carboxylic acids is 1. The van der Waals surface area contributed by atoms with Crippen molar-refractivity contribution >= 4 is 41.7 Å². The summed E-state index contributed by atoms with van der Waals surface area (Å²) in [6, 6.07) is 39.1. The van der Waals surface area contributed by atoms with Crippen LogP contribution < -0.4 is 15.9 Å². The second kappa shape index (κ2) is 10.6. The van der Waals surface area contributed by atoms with E-state index in [9.17, 15) is 4.79 Å². The molecule has 0 aliphatic heterocycles. The molecular weight excluding hydrogens is 383 g/mol. The highest BCUT2D eigenvalue weighted by atomic mass is 35.5. The maximum Gasteiger partial charge on any atom is 0.150 e. The molecule has 3 heteroatoms. The Morgan fingerprint density at radius 2 is 1.00 bits per heavy atom. The third kappa shape index (κ3) is 5.63. The first-order chi connectivity index (χ1) is 13.8. The van der Waals surface area contributed by atoms with Gasteiger partial charge in [-0.3, -0.25) is 4.79 Å². The second-order valence-electron chi connectivity index (χ2n) is 6.01. The fourth-order valence-electron chi connectivity index (χ4n) is 2.76. The van der Waals surface area contributed by atoms with Gasteiger partial charge in [0.05, 0.1) is 0 Å². The summed E-state index contributed by atoms with van der Waals surface area (Å²) in [6.45, 7) is 0. The zero-order valence-electron chi connectivity index (χ0n) is 15.3. The average molecular weight is 403 g/mol. The topological polar surface area (TPSA) is 17.1 Å². The molecule has 0 aliphatic carbocycles. The molecule has 0 amide bonds.